The van der Waals surface area contributed by atoms with Crippen LogP contribution < -0.4 is 4.74 Å². The zero-order valence-electron chi connectivity index (χ0n) is 17.6. The van der Waals surface area contributed by atoms with Crippen molar-refractivity contribution in [3.8, 4) is 11.8 Å². The molecule has 0 saturated carbocycles. The van der Waals surface area contributed by atoms with Crippen molar-refractivity contribution >= 4 is 11.9 Å². The number of ether oxygens (including phenoxy) is 2. The van der Waals surface area contributed by atoms with Gasteiger partial charge in [-0.1, -0.05) is 12.1 Å². The van der Waals surface area contributed by atoms with E-state index in [0.29, 0.717) is 43.0 Å². The molecule has 0 aliphatic carbocycles. The number of hydrogen-bond donors (Lipinski definition) is 0. The van der Waals surface area contributed by atoms with Gasteiger partial charge in [0.15, 0.2) is 0 Å². The number of carbonyl (C=O) groups excluding carboxylic acids is 2. The van der Waals surface area contributed by atoms with Gasteiger partial charge in [0.25, 0.3) is 5.91 Å². The van der Waals surface area contributed by atoms with Crippen molar-refractivity contribution in [2.45, 2.75) is 45.8 Å². The van der Waals surface area contributed by atoms with E-state index in [4.69, 9.17) is 14.7 Å². The van der Waals surface area contributed by atoms with E-state index in [2.05, 4.69) is 6.07 Å². The number of benzene rings is 2. The molecule has 1 amide bonds. The van der Waals surface area contributed by atoms with E-state index in [1.165, 1.54) is 0 Å². The summed E-state index contributed by atoms with van der Waals surface area (Å²) in [5.41, 5.74) is 2.66. The molecule has 0 radical (unpaired) electrons. The molecule has 0 unspecified atom stereocenters. The summed E-state index contributed by atoms with van der Waals surface area (Å²) in [5.74, 6) is 0.333. The Kier molecular flexibility index (Phi) is 6.41. The van der Waals surface area contributed by atoms with E-state index in [9.17, 15) is 9.59 Å². The molecule has 6 nitrogen and oxygen atoms in total. The van der Waals surface area contributed by atoms with Crippen LogP contribution >= 0.6 is 0 Å². The molecule has 1 heterocycles. The molecule has 1 aliphatic heterocycles. The fourth-order valence-corrected chi connectivity index (χ4v) is 3.28. The first-order valence-electron chi connectivity index (χ1n) is 10.0. The van der Waals surface area contributed by atoms with Gasteiger partial charge in [-0.05, 0) is 68.7 Å². The summed E-state index contributed by atoms with van der Waals surface area (Å²) in [4.78, 5) is 26.4. The highest BCUT2D eigenvalue weighted by Gasteiger charge is 2.26. The summed E-state index contributed by atoms with van der Waals surface area (Å²) in [6.07, 6.45) is 0.896. The number of rotatable bonds is 6. The second-order valence-electron chi connectivity index (χ2n) is 8.29. The van der Waals surface area contributed by atoms with E-state index in [1.807, 2.05) is 39.0 Å². The minimum atomic E-state index is -0.524. The molecule has 2 aromatic rings. The Labute approximate surface area is 177 Å². The summed E-state index contributed by atoms with van der Waals surface area (Å²) in [6, 6.07) is 14.8. The van der Waals surface area contributed by atoms with Crippen LogP contribution in [0.1, 0.15) is 54.2 Å². The highest BCUT2D eigenvalue weighted by atomic mass is 16.6. The monoisotopic (exact) mass is 406 g/mol. The van der Waals surface area contributed by atoms with Gasteiger partial charge in [-0.25, -0.2) is 0 Å². The van der Waals surface area contributed by atoms with Crippen LogP contribution in [-0.2, 0) is 22.6 Å². The van der Waals surface area contributed by atoms with E-state index < -0.39 is 5.60 Å². The predicted molar refractivity (Wildman–Crippen MR) is 112 cm³/mol. The number of amides is 1. The Morgan fingerprint density at radius 3 is 2.57 bits per heavy atom. The standard InChI is InChI=1S/C24H26N2O4/c1-24(2,3)30-22(27)11-13-26-12-10-19-14-20(8-9-21(19)23(26)28)29-16-18-6-4-17(15-25)5-7-18/h4-9,14H,10-13,16H2,1-3H3. The van der Waals surface area contributed by atoms with Crippen LogP contribution in [0.3, 0.4) is 0 Å². The molecule has 0 saturated heterocycles. The van der Waals surface area contributed by atoms with Gasteiger partial charge in [0.2, 0.25) is 0 Å². The number of fused-ring (bicyclic) bond motifs is 1. The molecule has 30 heavy (non-hydrogen) atoms. The van der Waals surface area contributed by atoms with E-state index in [0.717, 1.165) is 11.1 Å². The summed E-state index contributed by atoms with van der Waals surface area (Å²) < 4.78 is 11.2. The fourth-order valence-electron chi connectivity index (χ4n) is 3.28. The Morgan fingerprint density at radius 1 is 1.17 bits per heavy atom. The largest absolute Gasteiger partial charge is 0.489 e. The lowest BCUT2D eigenvalue weighted by Crippen LogP contribution is -2.39. The molecule has 0 N–H and O–H groups in total. The molecule has 0 bridgehead atoms. The maximum Gasteiger partial charge on any atom is 0.308 e. The Morgan fingerprint density at radius 2 is 1.90 bits per heavy atom. The number of nitrogens with zero attached hydrogens (tertiary/aromatic N) is 2. The third-order valence-corrected chi connectivity index (χ3v) is 4.74. The highest BCUT2D eigenvalue weighted by molar-refractivity contribution is 5.97. The van der Waals surface area contributed by atoms with Gasteiger partial charge >= 0.3 is 5.97 Å². The second kappa shape index (κ2) is 9.00. The maximum absolute atomic E-state index is 12.8. The molecular formula is C24H26N2O4. The Balaban J connectivity index is 1.57. The number of hydrogen-bond acceptors (Lipinski definition) is 5. The van der Waals surface area contributed by atoms with Crippen LogP contribution in [0.15, 0.2) is 42.5 Å². The van der Waals surface area contributed by atoms with Gasteiger partial charge in [-0.2, -0.15) is 5.26 Å². The smallest absolute Gasteiger partial charge is 0.308 e. The summed E-state index contributed by atoms with van der Waals surface area (Å²) >= 11 is 0. The molecule has 6 heteroatoms. The van der Waals surface area contributed by atoms with Crippen LogP contribution in [0.4, 0.5) is 0 Å². The lowest BCUT2D eigenvalue weighted by molar-refractivity contribution is -0.155. The quantitative estimate of drug-likeness (QED) is 0.681. The van der Waals surface area contributed by atoms with Crippen LogP contribution in [0.25, 0.3) is 0 Å². The Bertz CT molecular complexity index is 968. The zero-order valence-corrected chi connectivity index (χ0v) is 17.6. The van der Waals surface area contributed by atoms with Crippen molar-refractivity contribution in [3.63, 3.8) is 0 Å². The minimum absolute atomic E-state index is 0.0709. The van der Waals surface area contributed by atoms with Gasteiger partial charge < -0.3 is 14.4 Å². The van der Waals surface area contributed by atoms with E-state index >= 15 is 0 Å². The minimum Gasteiger partial charge on any atom is -0.489 e. The first kappa shape index (κ1) is 21.4. The molecular weight excluding hydrogens is 380 g/mol. The van der Waals surface area contributed by atoms with E-state index in [1.54, 1.807) is 29.2 Å². The van der Waals surface area contributed by atoms with Gasteiger partial charge in [0.1, 0.15) is 18.0 Å². The molecule has 3 rings (SSSR count). The van der Waals surface area contributed by atoms with E-state index in [-0.39, 0.29) is 18.3 Å². The zero-order chi connectivity index (χ0) is 21.7. The number of carbonyl (C=O) groups is 2. The van der Waals surface area contributed by atoms with Crippen molar-refractivity contribution in [2.24, 2.45) is 0 Å². The molecule has 0 spiro atoms. The van der Waals surface area contributed by atoms with Gasteiger partial charge in [-0.15, -0.1) is 0 Å². The Hall–Kier alpha value is -3.33. The maximum atomic E-state index is 12.8. The number of nitriles is 1. The molecule has 0 aromatic heterocycles. The molecule has 156 valence electrons. The highest BCUT2D eigenvalue weighted by Crippen LogP contribution is 2.25. The first-order valence-corrected chi connectivity index (χ1v) is 10.0. The molecule has 2 aromatic carbocycles. The van der Waals surface area contributed by atoms with Crippen LogP contribution in [0.5, 0.6) is 5.75 Å². The molecule has 1 aliphatic rings. The van der Waals surface area contributed by atoms with Gasteiger partial charge in [0, 0.05) is 18.7 Å². The normalized spacial score (nSPS) is 13.4. The van der Waals surface area contributed by atoms with Crippen molar-refractivity contribution in [2.75, 3.05) is 13.1 Å². The second-order valence-corrected chi connectivity index (χ2v) is 8.29. The van der Waals surface area contributed by atoms with Crippen LogP contribution in [-0.4, -0.2) is 35.5 Å². The van der Waals surface area contributed by atoms with Crippen molar-refractivity contribution < 1.29 is 19.1 Å². The van der Waals surface area contributed by atoms with Crippen molar-refractivity contribution in [1.29, 1.82) is 5.26 Å². The SMILES string of the molecule is CC(C)(C)OC(=O)CCN1CCc2cc(OCc3ccc(C#N)cc3)ccc2C1=O. The number of esters is 1. The average Bonchev–Trinajstić information content (AvgIpc) is 2.71. The molecule has 0 atom stereocenters. The van der Waals surface area contributed by atoms with Gasteiger partial charge in [-0.3, -0.25) is 9.59 Å². The fraction of sp³-hybridized carbons (Fsp3) is 0.375. The predicted octanol–water partition coefficient (Wildman–Crippen LogP) is 3.87. The lowest BCUT2D eigenvalue weighted by Gasteiger charge is -2.29. The average molecular weight is 406 g/mol. The first-order chi connectivity index (χ1) is 14.2. The van der Waals surface area contributed by atoms with Crippen molar-refractivity contribution in [1.82, 2.24) is 4.90 Å². The van der Waals surface area contributed by atoms with Crippen LogP contribution in [0.2, 0.25) is 0 Å². The lowest BCUT2D eigenvalue weighted by atomic mass is 9.98. The van der Waals surface area contributed by atoms with Crippen molar-refractivity contribution in [3.05, 3.63) is 64.7 Å². The summed E-state index contributed by atoms with van der Waals surface area (Å²) in [5, 5.41) is 8.86. The summed E-state index contributed by atoms with van der Waals surface area (Å²) in [7, 11) is 0. The third-order valence-electron chi connectivity index (χ3n) is 4.74. The summed E-state index contributed by atoms with van der Waals surface area (Å²) in [6.45, 7) is 6.79. The van der Waals surface area contributed by atoms with Gasteiger partial charge in [0.05, 0.1) is 18.1 Å². The molecule has 0 fully saturated rings. The topological polar surface area (TPSA) is 79.6 Å². The van der Waals surface area contributed by atoms with Crippen LogP contribution in [0, 0.1) is 11.3 Å². The third kappa shape index (κ3) is 5.60.